The molecular weight excluding hydrogens is 639 g/mol. The Morgan fingerprint density at radius 3 is 1.94 bits per heavy atom. The molecule has 3 nitrogen and oxygen atoms in total. The van der Waals surface area contributed by atoms with Crippen LogP contribution >= 0.6 is 11.3 Å². The van der Waals surface area contributed by atoms with E-state index in [1.807, 2.05) is 11.3 Å². The molecule has 8 aromatic carbocycles. The van der Waals surface area contributed by atoms with Crippen LogP contribution in [0, 0.1) is 0 Å². The first-order valence-electron chi connectivity index (χ1n) is 17.5. The molecule has 0 spiro atoms. The van der Waals surface area contributed by atoms with Crippen LogP contribution in [-0.4, -0.2) is 6.71 Å². The number of thiophene rings is 1. The first kappa shape index (κ1) is 27.5. The van der Waals surface area contributed by atoms with Gasteiger partial charge in [-0.1, -0.05) is 103 Å². The summed E-state index contributed by atoms with van der Waals surface area (Å²) in [6.45, 7) is 0.0974. The lowest BCUT2D eigenvalue weighted by atomic mass is 9.33. The molecule has 2 aromatic heterocycles. The smallest absolute Gasteiger partial charge is 0.252 e. The molecule has 0 saturated carbocycles. The third kappa shape index (κ3) is 3.68. The Balaban J connectivity index is 1.14. The van der Waals surface area contributed by atoms with Gasteiger partial charge in [0.1, 0.15) is 11.2 Å². The van der Waals surface area contributed by atoms with E-state index in [0.29, 0.717) is 0 Å². The van der Waals surface area contributed by atoms with E-state index >= 15 is 0 Å². The molecule has 51 heavy (non-hydrogen) atoms. The Kier molecular flexibility index (Phi) is 5.47. The number of para-hydroxylation sites is 2. The number of benzene rings is 8. The van der Waals surface area contributed by atoms with Gasteiger partial charge in [-0.2, -0.15) is 0 Å². The fourth-order valence-electron chi connectivity index (χ4n) is 8.96. The molecule has 0 unspecified atom stereocenters. The minimum absolute atomic E-state index is 0.0974. The number of furan rings is 1. The van der Waals surface area contributed by atoms with Gasteiger partial charge >= 0.3 is 0 Å². The van der Waals surface area contributed by atoms with Crippen LogP contribution in [-0.2, 0) is 0 Å². The summed E-state index contributed by atoms with van der Waals surface area (Å²) in [6, 6.07) is 60.0. The minimum atomic E-state index is 0.0974. The molecule has 2 aliphatic heterocycles. The van der Waals surface area contributed by atoms with E-state index in [4.69, 9.17) is 4.42 Å². The van der Waals surface area contributed by atoms with Crippen LogP contribution in [0.15, 0.2) is 168 Å². The Morgan fingerprint density at radius 1 is 0.451 bits per heavy atom. The van der Waals surface area contributed by atoms with Crippen molar-refractivity contribution in [2.45, 2.75) is 0 Å². The molecular formula is C46H27BN2OS. The molecule has 0 bridgehead atoms. The predicted molar refractivity (Wildman–Crippen MR) is 218 cm³/mol. The zero-order chi connectivity index (χ0) is 33.2. The second-order valence-corrected chi connectivity index (χ2v) is 14.7. The maximum Gasteiger partial charge on any atom is 0.252 e. The highest BCUT2D eigenvalue weighted by Gasteiger charge is 2.43. The summed E-state index contributed by atoms with van der Waals surface area (Å²) in [5, 5.41) is 7.34. The third-order valence-corrected chi connectivity index (χ3v) is 12.2. The minimum Gasteiger partial charge on any atom is -0.456 e. The maximum atomic E-state index is 6.44. The number of fused-ring (bicyclic) bond motifs is 12. The average Bonchev–Trinajstić information content (AvgIpc) is 3.76. The number of nitrogens with zero attached hydrogens (tertiary/aromatic N) is 2. The number of hydrogen-bond acceptors (Lipinski definition) is 4. The fraction of sp³-hybridized carbons (Fsp3) is 0. The van der Waals surface area contributed by atoms with Gasteiger partial charge in [0.05, 0.1) is 10.4 Å². The highest BCUT2D eigenvalue weighted by atomic mass is 32.1. The van der Waals surface area contributed by atoms with E-state index in [0.717, 1.165) is 22.2 Å². The van der Waals surface area contributed by atoms with Gasteiger partial charge in [0.25, 0.3) is 6.71 Å². The van der Waals surface area contributed by atoms with Crippen LogP contribution in [0.25, 0.3) is 52.9 Å². The van der Waals surface area contributed by atoms with Crippen LogP contribution in [0.2, 0.25) is 0 Å². The number of anilines is 6. The Hall–Kier alpha value is -6.30. The van der Waals surface area contributed by atoms with Gasteiger partial charge in [-0.15, -0.1) is 11.3 Å². The van der Waals surface area contributed by atoms with Crippen LogP contribution in [0.1, 0.15) is 0 Å². The quantitative estimate of drug-likeness (QED) is 0.171. The van der Waals surface area contributed by atoms with Gasteiger partial charge in [-0.3, -0.25) is 0 Å². The molecule has 0 amide bonds. The van der Waals surface area contributed by atoms with E-state index in [1.165, 1.54) is 81.2 Å². The van der Waals surface area contributed by atoms with E-state index in [1.54, 1.807) is 0 Å². The largest absolute Gasteiger partial charge is 0.456 e. The standard InChI is InChI=1S/C46H27BN2OS/c1-2-12-30-28(11-1)23-25-42-44(30)33-27-29(24-26-41(33)50-42)48-36-17-6-4-15-34(36)47-35-16-5-7-18-37(35)49(39-20-10-19-38(48)45(39)47)40-21-9-14-32-31-13-3-8-22-43(31)51-46(32)40/h1-27H. The highest BCUT2D eigenvalue weighted by molar-refractivity contribution is 7.26. The van der Waals surface area contributed by atoms with Gasteiger partial charge in [0, 0.05) is 54.7 Å². The Bertz CT molecular complexity index is 3090. The first-order valence-corrected chi connectivity index (χ1v) is 18.3. The third-order valence-electron chi connectivity index (χ3n) is 11.0. The van der Waals surface area contributed by atoms with Gasteiger partial charge in [-0.25, -0.2) is 0 Å². The summed E-state index contributed by atoms with van der Waals surface area (Å²) in [5.74, 6) is 0. The molecule has 4 heterocycles. The molecule has 0 fully saturated rings. The van der Waals surface area contributed by atoms with Gasteiger partial charge < -0.3 is 14.2 Å². The summed E-state index contributed by atoms with van der Waals surface area (Å²) in [6.07, 6.45) is 0. The zero-order valence-corrected chi connectivity index (χ0v) is 28.2. The normalized spacial score (nSPS) is 13.4. The second-order valence-electron chi connectivity index (χ2n) is 13.6. The summed E-state index contributed by atoms with van der Waals surface area (Å²) in [4.78, 5) is 4.99. The van der Waals surface area contributed by atoms with E-state index in [9.17, 15) is 0 Å². The zero-order valence-electron chi connectivity index (χ0n) is 27.4. The monoisotopic (exact) mass is 666 g/mol. The molecule has 0 radical (unpaired) electrons. The van der Waals surface area contributed by atoms with Crippen molar-refractivity contribution in [2.75, 3.05) is 9.80 Å². The van der Waals surface area contributed by atoms with Crippen molar-refractivity contribution in [3.8, 4) is 0 Å². The predicted octanol–water partition coefficient (Wildman–Crippen LogP) is 11.2. The molecule has 2 aliphatic rings. The van der Waals surface area contributed by atoms with Gasteiger partial charge in [-0.05, 0) is 87.8 Å². The van der Waals surface area contributed by atoms with Crippen molar-refractivity contribution < 1.29 is 4.42 Å². The summed E-state index contributed by atoms with van der Waals surface area (Å²) >= 11 is 1.88. The van der Waals surface area contributed by atoms with Crippen LogP contribution < -0.4 is 26.2 Å². The molecule has 236 valence electrons. The first-order chi connectivity index (χ1) is 25.3. The summed E-state index contributed by atoms with van der Waals surface area (Å²) in [5.41, 5.74) is 13.0. The lowest BCUT2D eigenvalue weighted by molar-refractivity contribution is 0.669. The number of rotatable bonds is 2. The molecule has 5 heteroatoms. The summed E-state index contributed by atoms with van der Waals surface area (Å²) < 4.78 is 9.06. The molecule has 0 atom stereocenters. The van der Waals surface area contributed by atoms with Crippen molar-refractivity contribution in [2.24, 2.45) is 0 Å². The molecule has 0 aliphatic carbocycles. The fourth-order valence-corrected chi connectivity index (χ4v) is 10.2. The lowest BCUT2D eigenvalue weighted by Crippen LogP contribution is -2.61. The lowest BCUT2D eigenvalue weighted by Gasteiger charge is -2.44. The van der Waals surface area contributed by atoms with E-state index in [2.05, 4.69) is 174 Å². The van der Waals surface area contributed by atoms with Gasteiger partial charge in [0.2, 0.25) is 0 Å². The molecule has 10 aromatic rings. The number of hydrogen-bond donors (Lipinski definition) is 0. The Labute approximate surface area is 298 Å². The van der Waals surface area contributed by atoms with Crippen molar-refractivity contribution in [1.29, 1.82) is 0 Å². The molecule has 12 rings (SSSR count). The topological polar surface area (TPSA) is 19.6 Å². The van der Waals surface area contributed by atoms with E-state index in [-0.39, 0.29) is 6.71 Å². The van der Waals surface area contributed by atoms with Crippen molar-refractivity contribution in [3.63, 3.8) is 0 Å². The van der Waals surface area contributed by atoms with Crippen molar-refractivity contribution in [1.82, 2.24) is 0 Å². The summed E-state index contributed by atoms with van der Waals surface area (Å²) in [7, 11) is 0. The molecule has 0 saturated heterocycles. The van der Waals surface area contributed by atoms with Crippen LogP contribution in [0.4, 0.5) is 34.1 Å². The SMILES string of the molecule is c1ccc2c(c1)B1c3ccccc3N(c3cccc4c3sc3ccccc34)c3cccc(c31)N2c1ccc2oc3ccc4ccccc4c3c2c1. The van der Waals surface area contributed by atoms with Crippen LogP contribution in [0.3, 0.4) is 0 Å². The van der Waals surface area contributed by atoms with Crippen LogP contribution in [0.5, 0.6) is 0 Å². The average molecular weight is 667 g/mol. The Morgan fingerprint density at radius 2 is 1.08 bits per heavy atom. The van der Waals surface area contributed by atoms with Gasteiger partial charge in [0.15, 0.2) is 0 Å². The van der Waals surface area contributed by atoms with Crippen molar-refractivity contribution in [3.05, 3.63) is 164 Å². The maximum absolute atomic E-state index is 6.44. The highest BCUT2D eigenvalue weighted by Crippen LogP contribution is 2.48. The molecule has 0 N–H and O–H groups in total. The van der Waals surface area contributed by atoms with Crippen molar-refractivity contribution >= 4 is 121 Å². The van der Waals surface area contributed by atoms with E-state index < -0.39 is 0 Å². The second kappa shape index (κ2) is 10.1.